The van der Waals surface area contributed by atoms with Gasteiger partial charge in [0.15, 0.2) is 0 Å². The summed E-state index contributed by atoms with van der Waals surface area (Å²) in [5.74, 6) is 3.03. The molecule has 0 aromatic heterocycles. The van der Waals surface area contributed by atoms with Gasteiger partial charge in [0.25, 0.3) is 0 Å². The van der Waals surface area contributed by atoms with Crippen LogP contribution in [0.15, 0.2) is 78.9 Å². The van der Waals surface area contributed by atoms with Gasteiger partial charge in [0.05, 0.1) is 28.4 Å². The molecule has 4 aromatic carbocycles. The average molecular weight is 513 g/mol. The Labute approximate surface area is 223 Å². The van der Waals surface area contributed by atoms with Crippen LogP contribution in [-0.2, 0) is 6.42 Å². The number of benzene rings is 4. The van der Waals surface area contributed by atoms with Crippen molar-refractivity contribution in [2.24, 2.45) is 0 Å². The molecule has 0 spiro atoms. The highest BCUT2D eigenvalue weighted by Gasteiger charge is 2.24. The van der Waals surface area contributed by atoms with Gasteiger partial charge in [0, 0.05) is 23.6 Å². The van der Waals surface area contributed by atoms with Crippen LogP contribution in [0.25, 0.3) is 12.2 Å². The molecule has 0 aliphatic rings. The first-order chi connectivity index (χ1) is 18.4. The molecule has 0 bridgehead atoms. The van der Waals surface area contributed by atoms with Crippen molar-refractivity contribution in [1.29, 1.82) is 0 Å². The highest BCUT2D eigenvalue weighted by atomic mass is 16.5. The van der Waals surface area contributed by atoms with Crippen LogP contribution in [0.4, 0.5) is 0 Å². The highest BCUT2D eigenvalue weighted by molar-refractivity contribution is 5.74. The number of rotatable bonds is 10. The molecule has 0 aliphatic heterocycles. The van der Waals surface area contributed by atoms with Gasteiger partial charge in [0.1, 0.15) is 34.5 Å². The Balaban J connectivity index is 1.90. The summed E-state index contributed by atoms with van der Waals surface area (Å²) >= 11 is 0. The van der Waals surface area contributed by atoms with Crippen LogP contribution in [0.5, 0.6) is 34.5 Å². The molecule has 0 saturated carbocycles. The van der Waals surface area contributed by atoms with Crippen LogP contribution >= 0.6 is 0 Å². The first-order valence-corrected chi connectivity index (χ1v) is 12.2. The average Bonchev–Trinajstić information content (AvgIpc) is 2.95. The second kappa shape index (κ2) is 12.1. The van der Waals surface area contributed by atoms with Gasteiger partial charge in [0.2, 0.25) is 0 Å². The van der Waals surface area contributed by atoms with Gasteiger partial charge in [-0.15, -0.1) is 0 Å². The first kappa shape index (κ1) is 26.5. The fraction of sp³-hybridized carbons (Fsp3) is 0.188. The van der Waals surface area contributed by atoms with E-state index < -0.39 is 0 Å². The number of hydrogen-bond donors (Lipinski definition) is 2. The van der Waals surface area contributed by atoms with Crippen molar-refractivity contribution in [3.05, 3.63) is 107 Å². The van der Waals surface area contributed by atoms with Crippen molar-refractivity contribution in [2.75, 3.05) is 28.4 Å². The number of ether oxygens (including phenoxy) is 4. The molecule has 196 valence electrons. The summed E-state index contributed by atoms with van der Waals surface area (Å²) in [7, 11) is 6.54. The molecule has 0 amide bonds. The Morgan fingerprint density at radius 3 is 1.74 bits per heavy atom. The minimum Gasteiger partial charge on any atom is -0.508 e. The SMILES string of the molecule is COc1cc(CC(c2ccc(O)cc2)c2c(C=Cc3ccc(O)cc3)cc(OC)cc2OC)cc(OC)c1. The lowest BCUT2D eigenvalue weighted by molar-refractivity contribution is 0.389. The fourth-order valence-corrected chi connectivity index (χ4v) is 4.50. The second-order valence-electron chi connectivity index (χ2n) is 8.83. The van der Waals surface area contributed by atoms with E-state index in [0.29, 0.717) is 29.4 Å². The van der Waals surface area contributed by atoms with Crippen LogP contribution < -0.4 is 18.9 Å². The van der Waals surface area contributed by atoms with Crippen LogP contribution in [0, 0.1) is 0 Å². The third-order valence-electron chi connectivity index (χ3n) is 6.45. The lowest BCUT2D eigenvalue weighted by Crippen LogP contribution is -2.10. The molecule has 6 nitrogen and oxygen atoms in total. The van der Waals surface area contributed by atoms with Gasteiger partial charge in [-0.3, -0.25) is 0 Å². The van der Waals surface area contributed by atoms with Crippen molar-refractivity contribution >= 4 is 12.2 Å². The van der Waals surface area contributed by atoms with Crippen LogP contribution in [0.2, 0.25) is 0 Å². The molecule has 1 atom stereocenters. The molecule has 0 saturated heterocycles. The molecule has 0 heterocycles. The van der Waals surface area contributed by atoms with Crippen LogP contribution in [0.3, 0.4) is 0 Å². The third-order valence-corrected chi connectivity index (χ3v) is 6.45. The van der Waals surface area contributed by atoms with E-state index >= 15 is 0 Å². The van der Waals surface area contributed by atoms with Crippen LogP contribution in [-0.4, -0.2) is 38.7 Å². The summed E-state index contributed by atoms with van der Waals surface area (Å²) in [6, 6.07) is 23.9. The van der Waals surface area contributed by atoms with Crippen molar-refractivity contribution in [2.45, 2.75) is 12.3 Å². The Morgan fingerprint density at radius 1 is 0.632 bits per heavy atom. The van der Waals surface area contributed by atoms with Crippen molar-refractivity contribution in [1.82, 2.24) is 0 Å². The largest absolute Gasteiger partial charge is 0.508 e. The zero-order valence-electron chi connectivity index (χ0n) is 22.0. The number of phenols is 2. The third kappa shape index (κ3) is 6.21. The second-order valence-corrected chi connectivity index (χ2v) is 8.83. The Morgan fingerprint density at radius 2 is 1.18 bits per heavy atom. The molecule has 4 rings (SSSR count). The maximum absolute atomic E-state index is 9.99. The zero-order valence-corrected chi connectivity index (χ0v) is 22.0. The molecule has 4 aromatic rings. The molecule has 0 radical (unpaired) electrons. The molecule has 0 aliphatic carbocycles. The van der Waals surface area contributed by atoms with E-state index in [2.05, 4.69) is 0 Å². The standard InChI is InChI=1S/C32H32O6/c1-35-27-15-22(16-28(19-27)36-2)17-30(23-9-13-26(34)14-10-23)32-24(18-29(37-3)20-31(32)38-4)8-5-21-6-11-25(33)12-7-21/h5-16,18-20,30,33-34H,17H2,1-4H3. The summed E-state index contributed by atoms with van der Waals surface area (Å²) in [5.41, 5.74) is 4.85. The number of hydrogen-bond acceptors (Lipinski definition) is 6. The summed E-state index contributed by atoms with van der Waals surface area (Å²) in [6.45, 7) is 0. The molecule has 2 N–H and O–H groups in total. The summed E-state index contributed by atoms with van der Waals surface area (Å²) in [5, 5.41) is 19.6. The summed E-state index contributed by atoms with van der Waals surface area (Å²) < 4.78 is 22.5. The monoisotopic (exact) mass is 512 g/mol. The maximum Gasteiger partial charge on any atom is 0.126 e. The molecule has 6 heteroatoms. The van der Waals surface area contributed by atoms with Crippen LogP contribution in [0.1, 0.15) is 33.7 Å². The van der Waals surface area contributed by atoms with E-state index in [1.54, 1.807) is 52.7 Å². The van der Waals surface area contributed by atoms with Crippen molar-refractivity contribution in [3.8, 4) is 34.5 Å². The van der Waals surface area contributed by atoms with E-state index in [1.807, 2.05) is 66.7 Å². The Bertz CT molecular complexity index is 1370. The number of methoxy groups -OCH3 is 4. The highest BCUT2D eigenvalue weighted by Crippen LogP contribution is 2.41. The van der Waals surface area contributed by atoms with E-state index in [4.69, 9.17) is 18.9 Å². The Kier molecular flexibility index (Phi) is 8.44. The predicted molar refractivity (Wildman–Crippen MR) is 150 cm³/mol. The van der Waals surface area contributed by atoms with E-state index in [9.17, 15) is 10.2 Å². The van der Waals surface area contributed by atoms with Gasteiger partial charge in [-0.05, 0) is 71.1 Å². The maximum atomic E-state index is 9.99. The van der Waals surface area contributed by atoms with Gasteiger partial charge >= 0.3 is 0 Å². The van der Waals surface area contributed by atoms with Gasteiger partial charge in [-0.2, -0.15) is 0 Å². The molecule has 38 heavy (non-hydrogen) atoms. The normalized spacial score (nSPS) is 11.8. The molecular formula is C32H32O6. The number of aromatic hydroxyl groups is 2. The smallest absolute Gasteiger partial charge is 0.126 e. The summed E-state index contributed by atoms with van der Waals surface area (Å²) in [6.07, 6.45) is 4.62. The molecular weight excluding hydrogens is 480 g/mol. The summed E-state index contributed by atoms with van der Waals surface area (Å²) in [4.78, 5) is 0. The lowest BCUT2D eigenvalue weighted by Gasteiger charge is -2.24. The Hall–Kier alpha value is -4.58. The fourth-order valence-electron chi connectivity index (χ4n) is 4.50. The topological polar surface area (TPSA) is 77.4 Å². The lowest BCUT2D eigenvalue weighted by atomic mass is 9.82. The minimum atomic E-state index is -0.146. The quantitative estimate of drug-likeness (QED) is 0.231. The zero-order chi connectivity index (χ0) is 27.1. The van der Waals surface area contributed by atoms with Gasteiger partial charge in [-0.25, -0.2) is 0 Å². The van der Waals surface area contributed by atoms with E-state index in [0.717, 1.165) is 27.8 Å². The molecule has 0 fully saturated rings. The van der Waals surface area contributed by atoms with Crippen molar-refractivity contribution in [3.63, 3.8) is 0 Å². The van der Waals surface area contributed by atoms with Gasteiger partial charge < -0.3 is 29.2 Å². The van der Waals surface area contributed by atoms with E-state index in [1.165, 1.54) is 0 Å². The predicted octanol–water partition coefficient (Wildman–Crippen LogP) is 6.68. The van der Waals surface area contributed by atoms with Crippen molar-refractivity contribution < 1.29 is 29.2 Å². The first-order valence-electron chi connectivity index (χ1n) is 12.2. The van der Waals surface area contributed by atoms with Gasteiger partial charge in [-0.1, -0.05) is 36.4 Å². The number of phenolic OH excluding ortho intramolecular Hbond substituents is 2. The van der Waals surface area contributed by atoms with E-state index in [-0.39, 0.29) is 17.4 Å². The molecule has 1 unspecified atom stereocenters. The minimum absolute atomic E-state index is 0.146.